The quantitative estimate of drug-likeness (QED) is 0.715. The molecule has 23 heavy (non-hydrogen) atoms. The number of anilines is 2. The van der Waals surface area contributed by atoms with Crippen molar-refractivity contribution >= 4 is 17.4 Å². The Kier molecular flexibility index (Phi) is 3.53. The highest BCUT2D eigenvalue weighted by Gasteiger charge is 2.18. The molecule has 0 bridgehead atoms. The van der Waals surface area contributed by atoms with Crippen LogP contribution in [0.3, 0.4) is 0 Å². The van der Waals surface area contributed by atoms with Crippen LogP contribution in [0.15, 0.2) is 36.9 Å². The van der Waals surface area contributed by atoms with Gasteiger partial charge in [0.05, 0.1) is 0 Å². The summed E-state index contributed by atoms with van der Waals surface area (Å²) >= 11 is 0. The molecule has 1 fully saturated rings. The molecule has 1 aliphatic heterocycles. The Labute approximate surface area is 134 Å². The zero-order valence-electron chi connectivity index (χ0n) is 13.1. The lowest BCUT2D eigenvalue weighted by Gasteiger charge is -2.22. The second-order valence-corrected chi connectivity index (χ2v) is 5.81. The molecule has 0 amide bonds. The summed E-state index contributed by atoms with van der Waals surface area (Å²) in [6.07, 6.45) is 8.45. The van der Waals surface area contributed by atoms with Crippen molar-refractivity contribution in [3.63, 3.8) is 0 Å². The van der Waals surface area contributed by atoms with E-state index in [-0.39, 0.29) is 0 Å². The predicted octanol–water partition coefficient (Wildman–Crippen LogP) is 1.54. The molecule has 0 unspecified atom stereocenters. The summed E-state index contributed by atoms with van der Waals surface area (Å²) in [4.78, 5) is 17.7. The van der Waals surface area contributed by atoms with E-state index in [0.29, 0.717) is 0 Å². The third-order valence-electron chi connectivity index (χ3n) is 4.11. The average molecular weight is 309 g/mol. The summed E-state index contributed by atoms with van der Waals surface area (Å²) in [7, 11) is 0. The van der Waals surface area contributed by atoms with Gasteiger partial charge in [0.25, 0.3) is 0 Å². The minimum Gasteiger partial charge on any atom is -0.353 e. The van der Waals surface area contributed by atoms with Gasteiger partial charge in [0.2, 0.25) is 5.95 Å². The lowest BCUT2D eigenvalue weighted by Crippen LogP contribution is -2.32. The Morgan fingerprint density at radius 2 is 1.70 bits per heavy atom. The van der Waals surface area contributed by atoms with Crippen LogP contribution in [-0.4, -0.2) is 50.7 Å². The largest absolute Gasteiger partial charge is 0.353 e. The van der Waals surface area contributed by atoms with Crippen molar-refractivity contribution in [2.24, 2.45) is 0 Å². The van der Waals surface area contributed by atoms with Crippen molar-refractivity contribution in [3.8, 4) is 0 Å². The molecular weight excluding hydrogens is 290 g/mol. The standard InChI is InChI=1S/C16H19N7/c1-13-11-18-16(19-12-13)22-7-2-6-21(9-10-22)15-4-3-14-17-5-8-23(14)20-15/h3-5,8,11-12H,2,6-7,9-10H2,1H3. The highest BCUT2D eigenvalue weighted by atomic mass is 15.3. The number of hydrogen-bond acceptors (Lipinski definition) is 6. The normalized spacial score (nSPS) is 15.9. The monoisotopic (exact) mass is 309 g/mol. The van der Waals surface area contributed by atoms with Gasteiger partial charge in [0.1, 0.15) is 5.82 Å². The summed E-state index contributed by atoms with van der Waals surface area (Å²) < 4.78 is 1.82. The van der Waals surface area contributed by atoms with Crippen LogP contribution >= 0.6 is 0 Å². The van der Waals surface area contributed by atoms with E-state index < -0.39 is 0 Å². The maximum atomic E-state index is 4.64. The van der Waals surface area contributed by atoms with Crippen molar-refractivity contribution in [3.05, 3.63) is 42.5 Å². The van der Waals surface area contributed by atoms with Gasteiger partial charge in [0.15, 0.2) is 5.65 Å². The van der Waals surface area contributed by atoms with Crippen molar-refractivity contribution in [1.82, 2.24) is 24.6 Å². The molecule has 0 saturated carbocycles. The number of fused-ring (bicyclic) bond motifs is 1. The van der Waals surface area contributed by atoms with E-state index in [0.717, 1.165) is 55.6 Å². The van der Waals surface area contributed by atoms with Crippen LogP contribution in [0.2, 0.25) is 0 Å². The van der Waals surface area contributed by atoms with E-state index in [1.807, 2.05) is 42.2 Å². The van der Waals surface area contributed by atoms with Gasteiger partial charge in [-0.15, -0.1) is 5.10 Å². The van der Waals surface area contributed by atoms with Crippen LogP contribution < -0.4 is 9.80 Å². The summed E-state index contributed by atoms with van der Waals surface area (Å²) in [5.74, 6) is 1.80. The van der Waals surface area contributed by atoms with Crippen molar-refractivity contribution in [2.75, 3.05) is 36.0 Å². The van der Waals surface area contributed by atoms with Crippen LogP contribution in [0.25, 0.3) is 5.65 Å². The molecule has 7 nitrogen and oxygen atoms in total. The lowest BCUT2D eigenvalue weighted by molar-refractivity contribution is 0.775. The molecule has 1 aliphatic rings. The first-order valence-electron chi connectivity index (χ1n) is 7.88. The predicted molar refractivity (Wildman–Crippen MR) is 88.8 cm³/mol. The summed E-state index contributed by atoms with van der Waals surface area (Å²) in [6, 6.07) is 4.05. The molecule has 0 N–H and O–H groups in total. The fourth-order valence-corrected chi connectivity index (χ4v) is 2.87. The van der Waals surface area contributed by atoms with E-state index in [9.17, 15) is 0 Å². The fraction of sp³-hybridized carbons (Fsp3) is 0.375. The van der Waals surface area contributed by atoms with Gasteiger partial charge in [-0.2, -0.15) is 0 Å². The lowest BCUT2D eigenvalue weighted by atomic mass is 10.3. The second-order valence-electron chi connectivity index (χ2n) is 5.81. The van der Waals surface area contributed by atoms with Gasteiger partial charge in [-0.05, 0) is 31.0 Å². The molecule has 7 heteroatoms. The molecule has 0 aromatic carbocycles. The van der Waals surface area contributed by atoms with Crippen molar-refractivity contribution < 1.29 is 0 Å². The molecular formula is C16H19N7. The van der Waals surface area contributed by atoms with Crippen LogP contribution in [0, 0.1) is 6.92 Å². The van der Waals surface area contributed by atoms with Gasteiger partial charge in [-0.25, -0.2) is 19.5 Å². The van der Waals surface area contributed by atoms with Gasteiger partial charge >= 0.3 is 0 Å². The van der Waals surface area contributed by atoms with Crippen LogP contribution in [0.5, 0.6) is 0 Å². The molecule has 0 spiro atoms. The van der Waals surface area contributed by atoms with Crippen molar-refractivity contribution in [1.29, 1.82) is 0 Å². The highest BCUT2D eigenvalue weighted by molar-refractivity contribution is 5.46. The third-order valence-corrected chi connectivity index (χ3v) is 4.11. The van der Waals surface area contributed by atoms with Gasteiger partial charge in [0, 0.05) is 51.0 Å². The molecule has 118 valence electrons. The summed E-state index contributed by atoms with van der Waals surface area (Å²) in [5, 5.41) is 4.64. The number of aryl methyl sites for hydroxylation is 1. The van der Waals surface area contributed by atoms with Gasteiger partial charge < -0.3 is 9.80 Å². The number of nitrogens with zero attached hydrogens (tertiary/aromatic N) is 7. The van der Waals surface area contributed by atoms with E-state index in [4.69, 9.17) is 0 Å². The number of imidazole rings is 1. The Bertz CT molecular complexity index is 796. The Morgan fingerprint density at radius 3 is 2.57 bits per heavy atom. The van der Waals surface area contributed by atoms with E-state index in [1.165, 1.54) is 0 Å². The minimum atomic E-state index is 0.815. The van der Waals surface area contributed by atoms with Crippen LogP contribution in [0.1, 0.15) is 12.0 Å². The topological polar surface area (TPSA) is 62.5 Å². The van der Waals surface area contributed by atoms with Gasteiger partial charge in [-0.1, -0.05) is 0 Å². The van der Waals surface area contributed by atoms with Crippen molar-refractivity contribution in [2.45, 2.75) is 13.3 Å². The highest BCUT2D eigenvalue weighted by Crippen LogP contribution is 2.16. The zero-order chi connectivity index (χ0) is 15.6. The molecule has 4 heterocycles. The molecule has 0 aliphatic carbocycles. The Hall–Kier alpha value is -2.70. The smallest absolute Gasteiger partial charge is 0.225 e. The average Bonchev–Trinajstić information content (AvgIpc) is 2.91. The molecule has 0 radical (unpaired) electrons. The molecule has 4 rings (SSSR count). The van der Waals surface area contributed by atoms with Crippen LogP contribution in [0.4, 0.5) is 11.8 Å². The second kappa shape index (κ2) is 5.83. The Balaban J connectivity index is 1.51. The van der Waals surface area contributed by atoms with E-state index in [2.05, 4.69) is 29.9 Å². The third kappa shape index (κ3) is 2.81. The Morgan fingerprint density at radius 1 is 0.913 bits per heavy atom. The summed E-state index contributed by atoms with van der Waals surface area (Å²) in [5.41, 5.74) is 1.96. The summed E-state index contributed by atoms with van der Waals surface area (Å²) in [6.45, 7) is 5.76. The number of aromatic nitrogens is 5. The maximum absolute atomic E-state index is 4.64. The molecule has 0 atom stereocenters. The van der Waals surface area contributed by atoms with E-state index in [1.54, 1.807) is 6.20 Å². The number of hydrogen-bond donors (Lipinski definition) is 0. The van der Waals surface area contributed by atoms with Crippen LogP contribution in [-0.2, 0) is 0 Å². The fourth-order valence-electron chi connectivity index (χ4n) is 2.87. The molecule has 1 saturated heterocycles. The molecule has 3 aromatic rings. The molecule has 3 aromatic heterocycles. The first-order chi connectivity index (χ1) is 11.3. The minimum absolute atomic E-state index is 0.815. The van der Waals surface area contributed by atoms with Gasteiger partial charge in [-0.3, -0.25) is 0 Å². The maximum Gasteiger partial charge on any atom is 0.225 e. The zero-order valence-corrected chi connectivity index (χ0v) is 13.1. The number of rotatable bonds is 2. The SMILES string of the molecule is Cc1cnc(N2CCCN(c3ccc4nccn4n3)CC2)nc1. The van der Waals surface area contributed by atoms with E-state index >= 15 is 0 Å². The first kappa shape index (κ1) is 13.9. The first-order valence-corrected chi connectivity index (χ1v) is 7.88.